The molecule has 2 aromatic rings. The highest BCUT2D eigenvalue weighted by molar-refractivity contribution is 7.09. The summed E-state index contributed by atoms with van der Waals surface area (Å²) in [5.41, 5.74) is 1.93. The molecule has 1 heterocycles. The molecule has 0 saturated heterocycles. The lowest BCUT2D eigenvalue weighted by Gasteiger charge is -2.24. The van der Waals surface area contributed by atoms with Crippen LogP contribution in [0.1, 0.15) is 22.9 Å². The third-order valence-corrected chi connectivity index (χ3v) is 4.22. The number of hydrogen-bond donors (Lipinski definition) is 0. The van der Waals surface area contributed by atoms with Gasteiger partial charge in [0, 0.05) is 17.5 Å². The van der Waals surface area contributed by atoms with Gasteiger partial charge in [0.25, 0.3) is 0 Å². The predicted octanol–water partition coefficient (Wildman–Crippen LogP) is 3.68. The van der Waals surface area contributed by atoms with Crippen LogP contribution in [0.4, 0.5) is 0 Å². The van der Waals surface area contributed by atoms with Crippen molar-refractivity contribution in [1.82, 2.24) is 4.90 Å². The van der Waals surface area contributed by atoms with Crippen molar-refractivity contribution in [2.24, 2.45) is 0 Å². The van der Waals surface area contributed by atoms with E-state index in [1.165, 1.54) is 10.4 Å². The van der Waals surface area contributed by atoms with Gasteiger partial charge in [-0.25, -0.2) is 0 Å². The van der Waals surface area contributed by atoms with E-state index in [-0.39, 0.29) is 0 Å². The van der Waals surface area contributed by atoms with E-state index in [9.17, 15) is 0 Å². The summed E-state index contributed by atoms with van der Waals surface area (Å²) >= 11 is 1.81. The number of benzene rings is 1. The van der Waals surface area contributed by atoms with Gasteiger partial charge in [0.1, 0.15) is 0 Å². The van der Waals surface area contributed by atoms with Crippen LogP contribution in [-0.4, -0.2) is 18.0 Å². The van der Waals surface area contributed by atoms with Gasteiger partial charge in [-0.3, -0.25) is 4.90 Å². The van der Waals surface area contributed by atoms with Crippen molar-refractivity contribution >= 4 is 11.3 Å². The third kappa shape index (κ3) is 3.92. The van der Waals surface area contributed by atoms with E-state index >= 15 is 0 Å². The Hall–Kier alpha value is -1.63. The molecule has 3 heteroatoms. The Bertz CT molecular complexity index is 554. The first-order valence-corrected chi connectivity index (χ1v) is 7.28. The summed E-state index contributed by atoms with van der Waals surface area (Å²) in [7, 11) is 2.14. The van der Waals surface area contributed by atoms with Gasteiger partial charge in [0.15, 0.2) is 0 Å². The van der Waals surface area contributed by atoms with Crippen LogP contribution in [0.3, 0.4) is 0 Å². The van der Waals surface area contributed by atoms with Crippen LogP contribution in [0.25, 0.3) is 0 Å². The maximum Gasteiger partial charge on any atom is 0.0991 e. The molecule has 0 spiro atoms. The smallest absolute Gasteiger partial charge is 0.0991 e. The molecule has 2 nitrogen and oxygen atoms in total. The first-order chi connectivity index (χ1) is 9.19. The highest BCUT2D eigenvalue weighted by Gasteiger charge is 2.11. The molecule has 0 radical (unpaired) electrons. The van der Waals surface area contributed by atoms with Gasteiger partial charge >= 0.3 is 0 Å². The lowest BCUT2D eigenvalue weighted by molar-refractivity contribution is 0.249. The van der Waals surface area contributed by atoms with Crippen molar-refractivity contribution < 1.29 is 0 Å². The number of rotatable bonds is 5. The molecule has 0 fully saturated rings. The maximum atomic E-state index is 8.91. The number of likely N-dealkylation sites (N-methyl/N-ethyl adjacent to an activating group) is 1. The number of thiophene rings is 1. The van der Waals surface area contributed by atoms with Crippen molar-refractivity contribution in [2.75, 3.05) is 7.05 Å². The summed E-state index contributed by atoms with van der Waals surface area (Å²) < 4.78 is 0. The van der Waals surface area contributed by atoms with Crippen molar-refractivity contribution in [2.45, 2.75) is 25.9 Å². The summed E-state index contributed by atoms with van der Waals surface area (Å²) in [6.45, 7) is 3.12. The van der Waals surface area contributed by atoms with E-state index in [0.29, 0.717) is 6.04 Å². The van der Waals surface area contributed by atoms with Crippen molar-refractivity contribution in [1.29, 1.82) is 5.26 Å². The number of nitrogens with zero attached hydrogens (tertiary/aromatic N) is 2. The quantitative estimate of drug-likeness (QED) is 0.828. The molecule has 1 atom stereocenters. The summed E-state index contributed by atoms with van der Waals surface area (Å²) in [4.78, 5) is 3.75. The maximum absolute atomic E-state index is 8.91. The summed E-state index contributed by atoms with van der Waals surface area (Å²) in [5, 5.41) is 11.0. The molecule has 1 aromatic heterocycles. The molecule has 1 aromatic carbocycles. The fourth-order valence-corrected chi connectivity index (χ4v) is 2.89. The fourth-order valence-electron chi connectivity index (χ4n) is 2.06. The Morgan fingerprint density at radius 3 is 2.84 bits per heavy atom. The van der Waals surface area contributed by atoms with Gasteiger partial charge in [0.05, 0.1) is 11.6 Å². The molecule has 0 aliphatic heterocycles. The molecule has 0 aliphatic rings. The zero-order chi connectivity index (χ0) is 13.7. The Morgan fingerprint density at radius 1 is 1.32 bits per heavy atom. The normalized spacial score (nSPS) is 12.3. The number of nitriles is 1. The van der Waals surface area contributed by atoms with Gasteiger partial charge in [-0.2, -0.15) is 5.26 Å². The molecule has 0 amide bonds. The van der Waals surface area contributed by atoms with Crippen LogP contribution in [0.5, 0.6) is 0 Å². The molecule has 2 rings (SSSR count). The van der Waals surface area contributed by atoms with Crippen molar-refractivity contribution in [3.63, 3.8) is 0 Å². The van der Waals surface area contributed by atoms with Crippen LogP contribution >= 0.6 is 11.3 Å². The topological polar surface area (TPSA) is 27.0 Å². The van der Waals surface area contributed by atoms with Gasteiger partial charge in [-0.15, -0.1) is 11.3 Å². The Morgan fingerprint density at radius 2 is 2.16 bits per heavy atom. The number of hydrogen-bond acceptors (Lipinski definition) is 3. The molecule has 0 bridgehead atoms. The average molecular weight is 270 g/mol. The second kappa shape index (κ2) is 6.51. The van der Waals surface area contributed by atoms with Crippen LogP contribution < -0.4 is 0 Å². The summed E-state index contributed by atoms with van der Waals surface area (Å²) in [5.74, 6) is 0. The largest absolute Gasteiger partial charge is 0.299 e. The van der Waals surface area contributed by atoms with Gasteiger partial charge in [-0.1, -0.05) is 18.2 Å². The standard InChI is InChI=1S/C16H18N2S/c1-13(9-16-7-4-8-19-16)18(2)12-15-6-3-5-14(10-15)11-17/h3-8,10,13H,9,12H2,1-2H3. The molecule has 19 heavy (non-hydrogen) atoms. The first-order valence-electron chi connectivity index (χ1n) is 6.40. The Labute approximate surface area is 118 Å². The predicted molar refractivity (Wildman–Crippen MR) is 80.1 cm³/mol. The zero-order valence-corrected chi connectivity index (χ0v) is 12.2. The second-order valence-electron chi connectivity index (χ2n) is 4.86. The Balaban J connectivity index is 1.96. The molecule has 98 valence electrons. The second-order valence-corrected chi connectivity index (χ2v) is 5.89. The first kappa shape index (κ1) is 13.8. The van der Waals surface area contributed by atoms with Crippen LogP contribution in [0.15, 0.2) is 41.8 Å². The van der Waals surface area contributed by atoms with E-state index < -0.39 is 0 Å². The van der Waals surface area contributed by atoms with Gasteiger partial charge in [0.2, 0.25) is 0 Å². The molecule has 0 N–H and O–H groups in total. The Kier molecular flexibility index (Phi) is 4.73. The minimum Gasteiger partial charge on any atom is -0.299 e. The van der Waals surface area contributed by atoms with Crippen molar-refractivity contribution in [3.8, 4) is 6.07 Å². The molecule has 1 unspecified atom stereocenters. The van der Waals surface area contributed by atoms with E-state index in [0.717, 1.165) is 18.5 Å². The van der Waals surface area contributed by atoms with Gasteiger partial charge < -0.3 is 0 Å². The lowest BCUT2D eigenvalue weighted by Crippen LogP contribution is -2.30. The molecule has 0 aliphatic carbocycles. The van der Waals surface area contributed by atoms with E-state index in [1.807, 2.05) is 29.5 Å². The van der Waals surface area contributed by atoms with Crippen molar-refractivity contribution in [3.05, 3.63) is 57.8 Å². The third-order valence-electron chi connectivity index (χ3n) is 3.32. The zero-order valence-electron chi connectivity index (χ0n) is 11.3. The minimum absolute atomic E-state index is 0.490. The van der Waals surface area contributed by atoms with E-state index in [1.54, 1.807) is 0 Å². The van der Waals surface area contributed by atoms with Crippen LogP contribution in [0.2, 0.25) is 0 Å². The summed E-state index contributed by atoms with van der Waals surface area (Å²) in [6, 6.07) is 14.8. The fraction of sp³-hybridized carbons (Fsp3) is 0.312. The minimum atomic E-state index is 0.490. The van der Waals surface area contributed by atoms with Crippen LogP contribution in [0, 0.1) is 11.3 Å². The lowest BCUT2D eigenvalue weighted by atomic mass is 10.1. The monoisotopic (exact) mass is 270 g/mol. The van der Waals surface area contributed by atoms with E-state index in [4.69, 9.17) is 5.26 Å². The summed E-state index contributed by atoms with van der Waals surface area (Å²) in [6.07, 6.45) is 1.08. The SMILES string of the molecule is CC(Cc1cccs1)N(C)Cc1cccc(C#N)c1. The molecular weight excluding hydrogens is 252 g/mol. The molecule has 0 saturated carbocycles. The van der Waals surface area contributed by atoms with E-state index in [2.05, 4.69) is 48.5 Å². The highest BCUT2D eigenvalue weighted by atomic mass is 32.1. The van der Waals surface area contributed by atoms with Gasteiger partial charge in [-0.05, 0) is 49.5 Å². The van der Waals surface area contributed by atoms with Crippen LogP contribution in [-0.2, 0) is 13.0 Å². The average Bonchev–Trinajstić information content (AvgIpc) is 2.91. The highest BCUT2D eigenvalue weighted by Crippen LogP contribution is 2.15. The molecular formula is C16H18N2S.